The lowest BCUT2D eigenvalue weighted by molar-refractivity contribution is 0.506. The van der Waals surface area contributed by atoms with E-state index in [0.29, 0.717) is 15.8 Å². The molecule has 0 radical (unpaired) electrons. The second-order valence-corrected chi connectivity index (χ2v) is 3.35. The van der Waals surface area contributed by atoms with Crippen LogP contribution in [0.15, 0.2) is 11.6 Å². The van der Waals surface area contributed by atoms with Gasteiger partial charge >= 0.3 is 0 Å². The molecule has 1 heterocycles. The van der Waals surface area contributed by atoms with Gasteiger partial charge in [-0.2, -0.15) is 0 Å². The van der Waals surface area contributed by atoms with Crippen LogP contribution in [0.2, 0.25) is 0 Å². The van der Waals surface area contributed by atoms with Crippen molar-refractivity contribution < 1.29 is 8.78 Å². The second kappa shape index (κ2) is 2.48. The lowest BCUT2D eigenvalue weighted by Gasteiger charge is -1.97. The molecule has 62 valence electrons. The van der Waals surface area contributed by atoms with Gasteiger partial charge in [0, 0.05) is 11.6 Å². The Bertz CT molecular complexity index is 436. The summed E-state index contributed by atoms with van der Waals surface area (Å²) in [6, 6.07) is 1.12. The van der Waals surface area contributed by atoms with E-state index in [0.717, 1.165) is 6.07 Å². The molecule has 0 aliphatic carbocycles. The molecule has 12 heavy (non-hydrogen) atoms. The minimum Gasteiger partial charge on any atom is -0.245 e. The van der Waals surface area contributed by atoms with Gasteiger partial charge in [-0.15, -0.1) is 11.3 Å². The standard InChI is InChI=1S/C8H5F2NS/c1-4-7(10)5(9)2-6-8(4)12-3-11-6/h2-3H,1H3. The minimum atomic E-state index is -0.828. The third-order valence-corrected chi connectivity index (χ3v) is 2.70. The fourth-order valence-corrected chi connectivity index (χ4v) is 1.87. The number of aryl methyl sites for hydroxylation is 1. The van der Waals surface area contributed by atoms with Gasteiger partial charge in [0.2, 0.25) is 0 Å². The van der Waals surface area contributed by atoms with Crippen LogP contribution in [0, 0.1) is 18.6 Å². The summed E-state index contributed by atoms with van der Waals surface area (Å²) in [6.45, 7) is 1.55. The van der Waals surface area contributed by atoms with Gasteiger partial charge in [0.15, 0.2) is 11.6 Å². The van der Waals surface area contributed by atoms with E-state index in [1.165, 1.54) is 11.3 Å². The highest BCUT2D eigenvalue weighted by Gasteiger charge is 2.10. The predicted octanol–water partition coefficient (Wildman–Crippen LogP) is 2.88. The molecule has 0 bridgehead atoms. The molecule has 0 aliphatic heterocycles. The molecule has 0 amide bonds. The number of hydrogen-bond acceptors (Lipinski definition) is 2. The molecule has 1 aromatic heterocycles. The molecule has 0 atom stereocenters. The minimum absolute atomic E-state index is 0.340. The summed E-state index contributed by atoms with van der Waals surface area (Å²) in [4.78, 5) is 3.89. The van der Waals surface area contributed by atoms with E-state index < -0.39 is 11.6 Å². The summed E-state index contributed by atoms with van der Waals surface area (Å²) >= 11 is 1.32. The molecule has 0 spiro atoms. The fraction of sp³-hybridized carbons (Fsp3) is 0.125. The van der Waals surface area contributed by atoms with Crippen LogP contribution in [0.25, 0.3) is 10.2 Å². The fourth-order valence-electron chi connectivity index (χ4n) is 1.10. The molecule has 0 N–H and O–H groups in total. The van der Waals surface area contributed by atoms with Crippen LogP contribution in [0.5, 0.6) is 0 Å². The van der Waals surface area contributed by atoms with Crippen molar-refractivity contribution in [3.05, 3.63) is 28.8 Å². The average Bonchev–Trinajstić information content (AvgIpc) is 2.48. The SMILES string of the molecule is Cc1c(F)c(F)cc2ncsc12. The molecule has 0 unspecified atom stereocenters. The molecule has 2 rings (SSSR count). The van der Waals surface area contributed by atoms with E-state index in [2.05, 4.69) is 4.98 Å². The Hall–Kier alpha value is -1.03. The van der Waals surface area contributed by atoms with Crippen LogP contribution < -0.4 is 0 Å². The topological polar surface area (TPSA) is 12.9 Å². The van der Waals surface area contributed by atoms with Crippen LogP contribution in [0.4, 0.5) is 8.78 Å². The van der Waals surface area contributed by atoms with Gasteiger partial charge in [-0.05, 0) is 6.92 Å². The van der Waals surface area contributed by atoms with Gasteiger partial charge in [0.05, 0.1) is 15.7 Å². The van der Waals surface area contributed by atoms with E-state index in [9.17, 15) is 8.78 Å². The first-order chi connectivity index (χ1) is 5.70. The predicted molar refractivity (Wildman–Crippen MR) is 44.3 cm³/mol. The third kappa shape index (κ3) is 0.914. The zero-order chi connectivity index (χ0) is 8.72. The zero-order valence-electron chi connectivity index (χ0n) is 6.27. The first kappa shape index (κ1) is 7.61. The van der Waals surface area contributed by atoms with Crippen LogP contribution >= 0.6 is 11.3 Å². The van der Waals surface area contributed by atoms with E-state index >= 15 is 0 Å². The smallest absolute Gasteiger partial charge is 0.163 e. The highest BCUT2D eigenvalue weighted by Crippen LogP contribution is 2.25. The average molecular weight is 185 g/mol. The first-order valence-electron chi connectivity index (χ1n) is 3.38. The maximum absolute atomic E-state index is 12.9. The maximum atomic E-state index is 12.9. The van der Waals surface area contributed by atoms with Gasteiger partial charge in [0.25, 0.3) is 0 Å². The summed E-state index contributed by atoms with van der Waals surface area (Å²) in [5.41, 5.74) is 2.44. The van der Waals surface area contributed by atoms with Gasteiger partial charge < -0.3 is 0 Å². The van der Waals surface area contributed by atoms with E-state index in [1.807, 2.05) is 0 Å². The van der Waals surface area contributed by atoms with Gasteiger partial charge in [-0.1, -0.05) is 0 Å². The Labute approximate surface area is 71.7 Å². The van der Waals surface area contributed by atoms with Gasteiger partial charge in [-0.3, -0.25) is 0 Å². The van der Waals surface area contributed by atoms with Crippen molar-refractivity contribution in [3.8, 4) is 0 Å². The molecule has 1 nitrogen and oxygen atoms in total. The van der Waals surface area contributed by atoms with E-state index in [1.54, 1.807) is 12.4 Å². The van der Waals surface area contributed by atoms with Crippen molar-refractivity contribution in [1.82, 2.24) is 4.98 Å². The third-order valence-electron chi connectivity index (χ3n) is 1.74. The summed E-state index contributed by atoms with van der Waals surface area (Å²) < 4.78 is 26.4. The Morgan fingerprint density at radius 2 is 2.17 bits per heavy atom. The van der Waals surface area contributed by atoms with Crippen molar-refractivity contribution >= 4 is 21.6 Å². The maximum Gasteiger partial charge on any atom is 0.163 e. The molecule has 4 heteroatoms. The van der Waals surface area contributed by atoms with Crippen LogP contribution in [0.3, 0.4) is 0 Å². The van der Waals surface area contributed by atoms with Crippen molar-refractivity contribution in [2.24, 2.45) is 0 Å². The molecule has 2 aromatic rings. The largest absolute Gasteiger partial charge is 0.245 e. The van der Waals surface area contributed by atoms with E-state index in [4.69, 9.17) is 0 Å². The number of benzene rings is 1. The van der Waals surface area contributed by atoms with Crippen LogP contribution in [-0.4, -0.2) is 4.98 Å². The van der Waals surface area contributed by atoms with Gasteiger partial charge in [0.1, 0.15) is 0 Å². The number of halogens is 2. The number of aromatic nitrogens is 1. The normalized spacial score (nSPS) is 10.9. The molecular weight excluding hydrogens is 180 g/mol. The highest BCUT2D eigenvalue weighted by atomic mass is 32.1. The molecule has 1 aromatic carbocycles. The van der Waals surface area contributed by atoms with Crippen molar-refractivity contribution in [3.63, 3.8) is 0 Å². The Kier molecular flexibility index (Phi) is 1.58. The molecule has 0 aliphatic rings. The van der Waals surface area contributed by atoms with Crippen LogP contribution in [-0.2, 0) is 0 Å². The molecule has 0 fully saturated rings. The summed E-state index contributed by atoms with van der Waals surface area (Å²) in [5, 5.41) is 0. The summed E-state index contributed by atoms with van der Waals surface area (Å²) in [7, 11) is 0. The van der Waals surface area contributed by atoms with Crippen molar-refractivity contribution in [2.75, 3.05) is 0 Å². The number of fused-ring (bicyclic) bond motifs is 1. The van der Waals surface area contributed by atoms with Crippen molar-refractivity contribution in [2.45, 2.75) is 6.92 Å². The molecule has 0 saturated carbocycles. The van der Waals surface area contributed by atoms with E-state index in [-0.39, 0.29) is 0 Å². The Morgan fingerprint density at radius 3 is 2.92 bits per heavy atom. The van der Waals surface area contributed by atoms with Crippen molar-refractivity contribution in [1.29, 1.82) is 0 Å². The molecule has 0 saturated heterocycles. The first-order valence-corrected chi connectivity index (χ1v) is 4.26. The Balaban J connectivity index is 2.94. The number of rotatable bonds is 0. The van der Waals surface area contributed by atoms with Crippen LogP contribution in [0.1, 0.15) is 5.56 Å². The zero-order valence-corrected chi connectivity index (χ0v) is 7.08. The Morgan fingerprint density at radius 1 is 1.42 bits per heavy atom. The van der Waals surface area contributed by atoms with Gasteiger partial charge in [-0.25, -0.2) is 13.8 Å². The summed E-state index contributed by atoms with van der Waals surface area (Å²) in [6.07, 6.45) is 0. The lowest BCUT2D eigenvalue weighted by Crippen LogP contribution is -1.88. The lowest BCUT2D eigenvalue weighted by atomic mass is 10.2. The number of nitrogens with zero attached hydrogens (tertiary/aromatic N) is 1. The quantitative estimate of drug-likeness (QED) is 0.615. The molecular formula is C8H5F2NS. The second-order valence-electron chi connectivity index (χ2n) is 2.50. The number of hydrogen-bond donors (Lipinski definition) is 0. The number of thiazole rings is 1. The summed E-state index contributed by atoms with van der Waals surface area (Å²) in [5.74, 6) is -1.60. The monoisotopic (exact) mass is 185 g/mol. The highest BCUT2D eigenvalue weighted by molar-refractivity contribution is 7.16.